The molecule has 2 aromatic rings. The summed E-state index contributed by atoms with van der Waals surface area (Å²) >= 11 is 1.63. The Hall–Kier alpha value is -2.47. The number of rotatable bonds is 8. The highest BCUT2D eigenvalue weighted by Gasteiger charge is 2.21. The van der Waals surface area contributed by atoms with Crippen molar-refractivity contribution in [2.24, 2.45) is 0 Å². The summed E-state index contributed by atoms with van der Waals surface area (Å²) in [5, 5.41) is 5.66. The molecular weight excluding hydrogens is 336 g/mol. The minimum absolute atomic E-state index is 0.233. The predicted octanol–water partition coefficient (Wildman–Crippen LogP) is 3.19. The molecule has 0 heterocycles. The minimum Gasteiger partial charge on any atom is -0.497 e. The van der Waals surface area contributed by atoms with E-state index in [0.29, 0.717) is 23.4 Å². The fraction of sp³-hybridized carbons (Fsp3) is 0.263. The van der Waals surface area contributed by atoms with Gasteiger partial charge in [-0.3, -0.25) is 9.59 Å². The van der Waals surface area contributed by atoms with Gasteiger partial charge in [0.05, 0.1) is 7.11 Å². The molecule has 132 valence electrons. The Bertz CT molecular complexity index is 690. The lowest BCUT2D eigenvalue weighted by Gasteiger charge is -2.18. The third-order valence-corrected chi connectivity index (χ3v) is 4.27. The number of hydrogen-bond acceptors (Lipinski definition) is 4. The second-order valence-electron chi connectivity index (χ2n) is 5.39. The van der Waals surface area contributed by atoms with Crippen LogP contribution in [0.3, 0.4) is 0 Å². The topological polar surface area (TPSA) is 67.4 Å². The molecule has 0 aliphatic heterocycles. The molecule has 2 N–H and O–H groups in total. The number of benzene rings is 2. The van der Waals surface area contributed by atoms with Crippen molar-refractivity contribution < 1.29 is 14.3 Å². The van der Waals surface area contributed by atoms with Crippen LogP contribution in [-0.2, 0) is 4.79 Å². The number of ether oxygens (including phenoxy) is 1. The van der Waals surface area contributed by atoms with E-state index < -0.39 is 6.04 Å². The van der Waals surface area contributed by atoms with E-state index in [1.54, 1.807) is 67.4 Å². The first-order valence-corrected chi connectivity index (χ1v) is 9.33. The summed E-state index contributed by atoms with van der Waals surface area (Å²) in [6.07, 6.45) is 2.53. The lowest BCUT2D eigenvalue weighted by Crippen LogP contribution is -2.44. The predicted molar refractivity (Wildman–Crippen MR) is 102 cm³/mol. The molecule has 1 atom stereocenters. The highest BCUT2D eigenvalue weighted by molar-refractivity contribution is 7.98. The van der Waals surface area contributed by atoms with Crippen molar-refractivity contribution in [2.45, 2.75) is 12.5 Å². The van der Waals surface area contributed by atoms with E-state index in [9.17, 15) is 9.59 Å². The first kappa shape index (κ1) is 18.9. The van der Waals surface area contributed by atoms with Gasteiger partial charge < -0.3 is 15.4 Å². The lowest BCUT2D eigenvalue weighted by molar-refractivity contribution is -0.118. The van der Waals surface area contributed by atoms with Gasteiger partial charge in [-0.15, -0.1) is 0 Å². The monoisotopic (exact) mass is 358 g/mol. The molecule has 0 spiro atoms. The fourth-order valence-electron chi connectivity index (χ4n) is 2.24. The summed E-state index contributed by atoms with van der Waals surface area (Å²) in [7, 11) is 1.59. The number of hydrogen-bond donors (Lipinski definition) is 2. The Labute approximate surface area is 152 Å². The molecule has 2 rings (SSSR count). The van der Waals surface area contributed by atoms with Crippen molar-refractivity contribution in [3.05, 3.63) is 60.2 Å². The second kappa shape index (κ2) is 9.74. The molecule has 0 aromatic heterocycles. The van der Waals surface area contributed by atoms with Crippen molar-refractivity contribution in [3.8, 4) is 5.75 Å². The summed E-state index contributed by atoms with van der Waals surface area (Å²) in [5.41, 5.74) is 1.20. The molecule has 0 bridgehead atoms. The molecule has 1 unspecified atom stereocenters. The van der Waals surface area contributed by atoms with Gasteiger partial charge in [0.15, 0.2) is 0 Å². The summed E-state index contributed by atoms with van der Waals surface area (Å²) in [6.45, 7) is 0. The Kier molecular flexibility index (Phi) is 7.35. The van der Waals surface area contributed by atoms with Crippen LogP contribution in [0.4, 0.5) is 5.69 Å². The van der Waals surface area contributed by atoms with Crippen LogP contribution < -0.4 is 15.4 Å². The van der Waals surface area contributed by atoms with Gasteiger partial charge in [-0.1, -0.05) is 18.2 Å². The van der Waals surface area contributed by atoms with Crippen molar-refractivity contribution in [3.63, 3.8) is 0 Å². The van der Waals surface area contributed by atoms with Crippen LogP contribution in [0.25, 0.3) is 0 Å². The van der Waals surface area contributed by atoms with Crippen molar-refractivity contribution in [2.75, 3.05) is 24.4 Å². The van der Waals surface area contributed by atoms with E-state index in [-0.39, 0.29) is 11.8 Å². The number of anilines is 1. The number of amides is 2. The molecule has 0 radical (unpaired) electrons. The van der Waals surface area contributed by atoms with Crippen LogP contribution in [-0.4, -0.2) is 37.0 Å². The quantitative estimate of drug-likeness (QED) is 0.760. The first-order chi connectivity index (χ1) is 12.1. The Morgan fingerprint density at radius 3 is 2.36 bits per heavy atom. The second-order valence-corrected chi connectivity index (χ2v) is 6.38. The Balaban J connectivity index is 2.04. The van der Waals surface area contributed by atoms with E-state index in [0.717, 1.165) is 5.75 Å². The van der Waals surface area contributed by atoms with Crippen LogP contribution in [0, 0.1) is 0 Å². The highest BCUT2D eigenvalue weighted by atomic mass is 32.2. The van der Waals surface area contributed by atoms with Crippen LogP contribution >= 0.6 is 11.8 Å². The van der Waals surface area contributed by atoms with Crippen LogP contribution in [0.1, 0.15) is 16.8 Å². The third-order valence-electron chi connectivity index (χ3n) is 3.63. The summed E-state index contributed by atoms with van der Waals surface area (Å²) < 4.78 is 5.10. The molecule has 5 nitrogen and oxygen atoms in total. The van der Waals surface area contributed by atoms with Crippen molar-refractivity contribution >= 4 is 29.3 Å². The first-order valence-electron chi connectivity index (χ1n) is 7.94. The van der Waals surface area contributed by atoms with Gasteiger partial charge in [0.1, 0.15) is 11.8 Å². The smallest absolute Gasteiger partial charge is 0.251 e. The molecule has 0 fully saturated rings. The maximum absolute atomic E-state index is 12.6. The van der Waals surface area contributed by atoms with E-state index in [4.69, 9.17) is 4.74 Å². The highest BCUT2D eigenvalue weighted by Crippen LogP contribution is 2.15. The van der Waals surface area contributed by atoms with E-state index in [1.807, 2.05) is 12.3 Å². The molecule has 0 saturated heterocycles. The molecule has 0 aliphatic carbocycles. The minimum atomic E-state index is -0.595. The zero-order valence-corrected chi connectivity index (χ0v) is 15.1. The van der Waals surface area contributed by atoms with E-state index in [1.165, 1.54) is 0 Å². The summed E-state index contributed by atoms with van der Waals surface area (Å²) in [6, 6.07) is 15.4. The Morgan fingerprint density at radius 2 is 1.76 bits per heavy atom. The van der Waals surface area contributed by atoms with Gasteiger partial charge in [0.2, 0.25) is 5.91 Å². The standard InChI is InChI=1S/C19H22N2O3S/c1-24-16-10-8-15(9-11-16)20-19(23)17(12-13-25-2)21-18(22)14-6-4-3-5-7-14/h3-11,17H,12-13H2,1-2H3,(H,20,23)(H,21,22). The van der Waals surface area contributed by atoms with Gasteiger partial charge in [0, 0.05) is 11.3 Å². The lowest BCUT2D eigenvalue weighted by atomic mass is 10.1. The fourth-order valence-corrected chi connectivity index (χ4v) is 2.71. The maximum atomic E-state index is 12.6. The number of methoxy groups -OCH3 is 1. The molecule has 6 heteroatoms. The largest absolute Gasteiger partial charge is 0.497 e. The normalized spacial score (nSPS) is 11.4. The Morgan fingerprint density at radius 1 is 1.08 bits per heavy atom. The molecule has 2 aromatic carbocycles. The van der Waals surface area contributed by atoms with Crippen molar-refractivity contribution in [1.82, 2.24) is 5.32 Å². The summed E-state index contributed by atoms with van der Waals surface area (Å²) in [4.78, 5) is 24.9. The van der Waals surface area contributed by atoms with Gasteiger partial charge >= 0.3 is 0 Å². The zero-order chi connectivity index (χ0) is 18.1. The van der Waals surface area contributed by atoms with Gasteiger partial charge in [-0.25, -0.2) is 0 Å². The van der Waals surface area contributed by atoms with Crippen LogP contribution in [0.15, 0.2) is 54.6 Å². The maximum Gasteiger partial charge on any atom is 0.251 e. The molecule has 25 heavy (non-hydrogen) atoms. The molecule has 2 amide bonds. The van der Waals surface area contributed by atoms with Gasteiger partial charge in [0.25, 0.3) is 5.91 Å². The van der Waals surface area contributed by atoms with Gasteiger partial charge in [-0.05, 0) is 54.8 Å². The number of thioether (sulfide) groups is 1. The average Bonchev–Trinajstić information content (AvgIpc) is 2.66. The average molecular weight is 358 g/mol. The summed E-state index contributed by atoms with van der Waals surface area (Å²) in [5.74, 6) is 1.00. The van der Waals surface area contributed by atoms with Crippen LogP contribution in [0.2, 0.25) is 0 Å². The van der Waals surface area contributed by atoms with Crippen LogP contribution in [0.5, 0.6) is 5.75 Å². The molecular formula is C19H22N2O3S. The number of carbonyl (C=O) groups excluding carboxylic acids is 2. The van der Waals surface area contributed by atoms with E-state index >= 15 is 0 Å². The third kappa shape index (κ3) is 5.83. The van der Waals surface area contributed by atoms with Crippen molar-refractivity contribution in [1.29, 1.82) is 0 Å². The number of nitrogens with one attached hydrogen (secondary N) is 2. The number of carbonyl (C=O) groups is 2. The molecule has 0 saturated carbocycles. The van der Waals surface area contributed by atoms with E-state index in [2.05, 4.69) is 10.6 Å². The molecule has 0 aliphatic rings. The van der Waals surface area contributed by atoms with Gasteiger partial charge in [-0.2, -0.15) is 11.8 Å². The SMILES string of the molecule is COc1ccc(NC(=O)C(CCSC)NC(=O)c2ccccc2)cc1. The zero-order valence-electron chi connectivity index (χ0n) is 14.3.